The van der Waals surface area contributed by atoms with Crippen LogP contribution in [0.5, 0.6) is 0 Å². The fourth-order valence-corrected chi connectivity index (χ4v) is 5.39. The van der Waals surface area contributed by atoms with Gasteiger partial charge >= 0.3 is 0 Å². The van der Waals surface area contributed by atoms with Crippen molar-refractivity contribution in [2.75, 3.05) is 48.3 Å². The Morgan fingerprint density at radius 2 is 1.92 bits per heavy atom. The quantitative estimate of drug-likeness (QED) is 0.752. The van der Waals surface area contributed by atoms with Crippen molar-refractivity contribution in [3.63, 3.8) is 0 Å². The molecule has 4 rings (SSSR count). The molecule has 0 unspecified atom stereocenters. The van der Waals surface area contributed by atoms with Crippen molar-refractivity contribution in [2.45, 2.75) is 36.7 Å². The van der Waals surface area contributed by atoms with Gasteiger partial charge in [0.1, 0.15) is 10.6 Å². The molecule has 0 spiro atoms. The van der Waals surface area contributed by atoms with E-state index in [9.17, 15) is 12.8 Å². The van der Waals surface area contributed by atoms with Crippen LogP contribution >= 0.6 is 0 Å². The number of halogens is 2. The number of rotatable bonds is 3. The highest BCUT2D eigenvalue weighted by molar-refractivity contribution is 7.91. The standard InChI is InChI=1S/C16H21F2N3O3S/c17-12-14-13(15(18)19-16(12)20-5-1-2-6-20)21(7-9-25(14,22)23)10-11-4-3-8-24-11/h11H,1-10H2/t11-/m1/s1. The Balaban J connectivity index is 1.78. The molecule has 3 aliphatic heterocycles. The van der Waals surface area contributed by atoms with E-state index in [-0.39, 0.29) is 29.9 Å². The van der Waals surface area contributed by atoms with E-state index in [1.807, 2.05) is 0 Å². The minimum atomic E-state index is -3.88. The van der Waals surface area contributed by atoms with E-state index in [0.717, 1.165) is 25.7 Å². The second-order valence-corrected chi connectivity index (χ2v) is 8.86. The first-order valence-corrected chi connectivity index (χ1v) is 10.4. The number of ether oxygens (including phenoxy) is 1. The molecule has 6 nitrogen and oxygen atoms in total. The zero-order valence-corrected chi connectivity index (χ0v) is 14.7. The minimum absolute atomic E-state index is 0.0885. The number of aromatic nitrogens is 1. The van der Waals surface area contributed by atoms with E-state index in [4.69, 9.17) is 4.74 Å². The average molecular weight is 373 g/mol. The SMILES string of the molecule is O=S1(=O)CCN(C[C@H]2CCCO2)c2c(F)nc(N3CCCC3)c(F)c21. The topological polar surface area (TPSA) is 62.7 Å². The second kappa shape index (κ2) is 6.35. The van der Waals surface area contributed by atoms with Crippen molar-refractivity contribution in [3.8, 4) is 0 Å². The molecule has 0 radical (unpaired) electrons. The molecule has 0 saturated carbocycles. The maximum absolute atomic E-state index is 15.1. The van der Waals surface area contributed by atoms with E-state index in [1.54, 1.807) is 9.80 Å². The molecule has 2 fully saturated rings. The third-order valence-electron chi connectivity index (χ3n) is 5.12. The molecule has 2 saturated heterocycles. The molecule has 1 atom stereocenters. The third-order valence-corrected chi connectivity index (χ3v) is 6.84. The number of sulfone groups is 1. The number of nitrogens with zero attached hydrogens (tertiary/aromatic N) is 3. The summed E-state index contributed by atoms with van der Waals surface area (Å²) >= 11 is 0. The first-order valence-electron chi connectivity index (χ1n) is 8.70. The van der Waals surface area contributed by atoms with E-state index in [1.165, 1.54) is 0 Å². The van der Waals surface area contributed by atoms with E-state index < -0.39 is 26.5 Å². The lowest BCUT2D eigenvalue weighted by atomic mass is 10.2. The van der Waals surface area contributed by atoms with Gasteiger partial charge in [0.2, 0.25) is 5.95 Å². The summed E-state index contributed by atoms with van der Waals surface area (Å²) < 4.78 is 60.4. The van der Waals surface area contributed by atoms with Crippen molar-refractivity contribution < 1.29 is 21.9 Å². The maximum Gasteiger partial charge on any atom is 0.239 e. The van der Waals surface area contributed by atoms with Gasteiger partial charge in [-0.1, -0.05) is 0 Å². The highest BCUT2D eigenvalue weighted by Gasteiger charge is 2.39. The highest BCUT2D eigenvalue weighted by Crippen LogP contribution is 2.39. The fraction of sp³-hybridized carbons (Fsp3) is 0.688. The van der Waals surface area contributed by atoms with Gasteiger partial charge in [0.15, 0.2) is 21.5 Å². The smallest absolute Gasteiger partial charge is 0.239 e. The molecule has 9 heteroatoms. The Hall–Kier alpha value is -1.48. The summed E-state index contributed by atoms with van der Waals surface area (Å²) in [6.45, 7) is 2.23. The summed E-state index contributed by atoms with van der Waals surface area (Å²) in [5, 5.41) is 0. The normalized spacial score (nSPS) is 25.4. The summed E-state index contributed by atoms with van der Waals surface area (Å²) in [5.41, 5.74) is -0.234. The molecule has 1 aromatic rings. The van der Waals surface area contributed by atoms with Gasteiger partial charge in [-0.2, -0.15) is 9.37 Å². The van der Waals surface area contributed by atoms with Crippen molar-refractivity contribution in [1.29, 1.82) is 0 Å². The van der Waals surface area contributed by atoms with Gasteiger partial charge in [0.25, 0.3) is 0 Å². The third kappa shape index (κ3) is 2.97. The zero-order valence-electron chi connectivity index (χ0n) is 13.9. The van der Waals surface area contributed by atoms with Gasteiger partial charge in [-0.25, -0.2) is 12.8 Å². The number of hydrogen-bond donors (Lipinski definition) is 0. The highest BCUT2D eigenvalue weighted by atomic mass is 32.2. The van der Waals surface area contributed by atoms with Gasteiger partial charge in [0.05, 0.1) is 11.9 Å². The molecule has 25 heavy (non-hydrogen) atoms. The lowest BCUT2D eigenvalue weighted by Gasteiger charge is -2.33. The Morgan fingerprint density at radius 3 is 2.60 bits per heavy atom. The van der Waals surface area contributed by atoms with Crippen LogP contribution in [0.25, 0.3) is 0 Å². The van der Waals surface area contributed by atoms with Gasteiger partial charge in [0, 0.05) is 32.8 Å². The molecule has 0 aromatic carbocycles. The summed E-state index contributed by atoms with van der Waals surface area (Å²) in [7, 11) is -3.88. The fourth-order valence-electron chi connectivity index (χ4n) is 3.85. The van der Waals surface area contributed by atoms with E-state index in [2.05, 4.69) is 4.98 Å². The molecule has 0 amide bonds. The molecule has 4 heterocycles. The van der Waals surface area contributed by atoms with Crippen LogP contribution in [-0.4, -0.2) is 58.0 Å². The maximum atomic E-state index is 15.1. The minimum Gasteiger partial charge on any atom is -0.376 e. The van der Waals surface area contributed by atoms with Gasteiger partial charge in [-0.3, -0.25) is 0 Å². The Kier molecular flexibility index (Phi) is 4.31. The first-order chi connectivity index (χ1) is 12.0. The Morgan fingerprint density at radius 1 is 1.16 bits per heavy atom. The number of pyridine rings is 1. The summed E-state index contributed by atoms with van der Waals surface area (Å²) in [4.78, 5) is 6.45. The van der Waals surface area contributed by atoms with Gasteiger partial charge in [-0.05, 0) is 25.7 Å². The van der Waals surface area contributed by atoms with Crippen molar-refractivity contribution in [1.82, 2.24) is 4.98 Å². The molecule has 0 bridgehead atoms. The molecular formula is C16H21F2N3O3S. The molecule has 0 aliphatic carbocycles. The van der Waals surface area contributed by atoms with Gasteiger partial charge < -0.3 is 14.5 Å². The van der Waals surface area contributed by atoms with Crippen LogP contribution in [0.2, 0.25) is 0 Å². The number of hydrogen-bond acceptors (Lipinski definition) is 6. The van der Waals surface area contributed by atoms with Gasteiger partial charge in [-0.15, -0.1) is 0 Å². The van der Waals surface area contributed by atoms with Crippen LogP contribution in [-0.2, 0) is 14.6 Å². The lowest BCUT2D eigenvalue weighted by molar-refractivity contribution is 0.115. The number of anilines is 2. The summed E-state index contributed by atoms with van der Waals surface area (Å²) in [6.07, 6.45) is 3.39. The summed E-state index contributed by atoms with van der Waals surface area (Å²) in [6, 6.07) is 0. The predicted octanol–water partition coefficient (Wildman–Crippen LogP) is 1.73. The number of fused-ring (bicyclic) bond motifs is 1. The molecule has 1 aromatic heterocycles. The van der Waals surface area contributed by atoms with Crippen LogP contribution in [0.1, 0.15) is 25.7 Å². The molecule has 3 aliphatic rings. The van der Waals surface area contributed by atoms with Crippen LogP contribution in [0.3, 0.4) is 0 Å². The van der Waals surface area contributed by atoms with E-state index >= 15 is 4.39 Å². The van der Waals surface area contributed by atoms with Crippen LogP contribution in [0, 0.1) is 11.8 Å². The van der Waals surface area contributed by atoms with Crippen molar-refractivity contribution in [2.24, 2.45) is 0 Å². The monoisotopic (exact) mass is 373 g/mol. The average Bonchev–Trinajstić information content (AvgIpc) is 3.25. The lowest BCUT2D eigenvalue weighted by Crippen LogP contribution is -2.41. The first kappa shape index (κ1) is 17.0. The second-order valence-electron chi connectivity index (χ2n) is 6.81. The molecule has 0 N–H and O–H groups in total. The van der Waals surface area contributed by atoms with Crippen molar-refractivity contribution >= 4 is 21.3 Å². The summed E-state index contributed by atoms with van der Waals surface area (Å²) in [5.74, 6) is -2.25. The Labute approximate surface area is 145 Å². The zero-order chi connectivity index (χ0) is 17.6. The molecule has 138 valence electrons. The van der Waals surface area contributed by atoms with Crippen LogP contribution in [0.15, 0.2) is 4.90 Å². The molecular weight excluding hydrogens is 352 g/mol. The van der Waals surface area contributed by atoms with E-state index in [0.29, 0.717) is 26.2 Å². The van der Waals surface area contributed by atoms with Crippen molar-refractivity contribution in [3.05, 3.63) is 11.8 Å². The predicted molar refractivity (Wildman–Crippen MR) is 88.8 cm³/mol. The van der Waals surface area contributed by atoms with Crippen LogP contribution < -0.4 is 9.80 Å². The Bertz CT molecular complexity index is 775. The van der Waals surface area contributed by atoms with Crippen LogP contribution in [0.4, 0.5) is 20.3 Å². The largest absolute Gasteiger partial charge is 0.376 e.